The number of hydrogen-bond acceptors (Lipinski definition) is 6. The van der Waals surface area contributed by atoms with Crippen molar-refractivity contribution >= 4 is 29.6 Å². The molecule has 0 saturated carbocycles. The zero-order valence-electron chi connectivity index (χ0n) is 17.8. The highest BCUT2D eigenvalue weighted by atomic mass is 16.2. The second-order valence-electron chi connectivity index (χ2n) is 7.89. The summed E-state index contributed by atoms with van der Waals surface area (Å²) in [6.07, 6.45) is 3.28. The minimum atomic E-state index is -0.867. The molecule has 0 aromatic carbocycles. The Kier molecular flexibility index (Phi) is 9.03. The third-order valence-corrected chi connectivity index (χ3v) is 5.66. The lowest BCUT2D eigenvalue weighted by molar-refractivity contribution is -0.143. The first-order chi connectivity index (χ1) is 14.8. The average molecular weight is 439 g/mol. The van der Waals surface area contributed by atoms with Crippen LogP contribution >= 0.6 is 0 Å². The van der Waals surface area contributed by atoms with Crippen molar-refractivity contribution in [1.82, 2.24) is 15.1 Å². The fraction of sp³-hybridized carbons (Fsp3) is 0.737. The van der Waals surface area contributed by atoms with Gasteiger partial charge in [0.2, 0.25) is 23.6 Å². The highest BCUT2D eigenvalue weighted by Gasteiger charge is 2.39. The lowest BCUT2D eigenvalue weighted by Gasteiger charge is -2.30. The number of likely N-dealkylation sites (tertiary alicyclic amines) is 2. The molecular weight excluding hydrogens is 404 g/mol. The molecule has 12 nitrogen and oxygen atoms in total. The molecule has 0 aromatic rings. The van der Waals surface area contributed by atoms with Gasteiger partial charge in [-0.3, -0.25) is 24.2 Å². The summed E-state index contributed by atoms with van der Waals surface area (Å²) in [5, 5.41) is 2.79. The molecule has 2 aliphatic rings. The Labute approximate surface area is 181 Å². The molecule has 174 valence electrons. The Morgan fingerprint density at radius 1 is 1.00 bits per heavy atom. The van der Waals surface area contributed by atoms with Crippen LogP contribution in [0.3, 0.4) is 0 Å². The first-order valence-electron chi connectivity index (χ1n) is 10.7. The lowest BCUT2D eigenvalue weighted by atomic mass is 10.1. The number of nitrogens with zero attached hydrogens (tertiary/aromatic N) is 3. The van der Waals surface area contributed by atoms with Crippen LogP contribution in [0.15, 0.2) is 4.99 Å². The van der Waals surface area contributed by atoms with E-state index in [-0.39, 0.29) is 37.2 Å². The number of nitrogens with two attached hydrogens (primary N) is 4. The number of amides is 4. The molecular formula is C19H34N8O4. The van der Waals surface area contributed by atoms with Crippen LogP contribution in [0.2, 0.25) is 0 Å². The van der Waals surface area contributed by atoms with Gasteiger partial charge >= 0.3 is 0 Å². The Morgan fingerprint density at radius 3 is 2.26 bits per heavy atom. The van der Waals surface area contributed by atoms with E-state index in [9.17, 15) is 19.2 Å². The van der Waals surface area contributed by atoms with E-state index in [4.69, 9.17) is 22.9 Å². The molecule has 0 aliphatic carbocycles. The number of carbonyl (C=O) groups excluding carboxylic acids is 4. The molecule has 31 heavy (non-hydrogen) atoms. The van der Waals surface area contributed by atoms with Gasteiger partial charge in [-0.15, -0.1) is 0 Å². The van der Waals surface area contributed by atoms with E-state index < -0.39 is 29.9 Å². The SMILES string of the molecule is NCCC(=O)N1CCC[C@H]1C(=O)N[C@@H](CCCN=C(N)N)C(=O)N1CCC[C@H]1C(N)=O. The number of hydrogen-bond donors (Lipinski definition) is 5. The molecule has 2 saturated heterocycles. The van der Waals surface area contributed by atoms with Crippen molar-refractivity contribution in [3.05, 3.63) is 0 Å². The van der Waals surface area contributed by atoms with Gasteiger partial charge in [0.15, 0.2) is 5.96 Å². The normalized spacial score (nSPS) is 21.6. The van der Waals surface area contributed by atoms with Crippen LogP contribution < -0.4 is 28.3 Å². The lowest BCUT2D eigenvalue weighted by Crippen LogP contribution is -2.56. The average Bonchev–Trinajstić information content (AvgIpc) is 3.39. The molecule has 12 heteroatoms. The molecule has 4 amide bonds. The van der Waals surface area contributed by atoms with E-state index in [1.807, 2.05) is 0 Å². The van der Waals surface area contributed by atoms with Gasteiger partial charge in [-0.05, 0) is 38.5 Å². The van der Waals surface area contributed by atoms with Gasteiger partial charge in [0.1, 0.15) is 18.1 Å². The summed E-state index contributed by atoms with van der Waals surface area (Å²) in [5.41, 5.74) is 21.6. The zero-order valence-corrected chi connectivity index (χ0v) is 17.8. The first-order valence-corrected chi connectivity index (χ1v) is 10.7. The largest absolute Gasteiger partial charge is 0.370 e. The van der Waals surface area contributed by atoms with Crippen LogP contribution in [-0.4, -0.2) is 83.7 Å². The van der Waals surface area contributed by atoms with Crippen LogP contribution in [0.25, 0.3) is 0 Å². The standard InChI is InChI=1S/C19H34N8O4/c20-8-7-15(28)26-10-3-6-14(26)17(30)25-12(4-1-9-24-19(22)23)18(31)27-11-2-5-13(27)16(21)29/h12-14H,1-11,20H2,(H2,21,29)(H,25,30)(H4,22,23,24)/t12-,13-,14-/m0/s1. The maximum absolute atomic E-state index is 13.2. The Hall–Kier alpha value is -2.89. The topological polar surface area (TPSA) is 203 Å². The number of guanidine groups is 1. The molecule has 2 rings (SSSR count). The van der Waals surface area contributed by atoms with Gasteiger partial charge in [-0.2, -0.15) is 0 Å². The Bertz CT molecular complexity index is 709. The fourth-order valence-electron chi connectivity index (χ4n) is 4.16. The summed E-state index contributed by atoms with van der Waals surface area (Å²) in [6, 6.07) is -2.19. The zero-order chi connectivity index (χ0) is 23.0. The van der Waals surface area contributed by atoms with E-state index in [2.05, 4.69) is 10.3 Å². The highest BCUT2D eigenvalue weighted by Crippen LogP contribution is 2.21. The molecule has 0 aromatic heterocycles. The van der Waals surface area contributed by atoms with Crippen molar-refractivity contribution in [3.8, 4) is 0 Å². The number of primary amides is 1. The molecule has 0 radical (unpaired) electrons. The van der Waals surface area contributed by atoms with E-state index in [0.717, 1.165) is 0 Å². The predicted octanol–water partition coefficient (Wildman–Crippen LogP) is -2.66. The Balaban J connectivity index is 2.11. The fourth-order valence-corrected chi connectivity index (χ4v) is 4.16. The van der Waals surface area contributed by atoms with Crippen molar-refractivity contribution in [3.63, 3.8) is 0 Å². The molecule has 3 atom stereocenters. The van der Waals surface area contributed by atoms with Crippen molar-refractivity contribution in [2.75, 3.05) is 26.2 Å². The number of nitrogens with one attached hydrogen (secondary N) is 1. The van der Waals surface area contributed by atoms with Crippen LogP contribution in [0.1, 0.15) is 44.9 Å². The van der Waals surface area contributed by atoms with E-state index in [0.29, 0.717) is 51.7 Å². The van der Waals surface area contributed by atoms with Crippen molar-refractivity contribution in [1.29, 1.82) is 0 Å². The van der Waals surface area contributed by atoms with E-state index in [1.54, 1.807) is 0 Å². The maximum Gasteiger partial charge on any atom is 0.245 e. The summed E-state index contributed by atoms with van der Waals surface area (Å²) < 4.78 is 0. The van der Waals surface area contributed by atoms with E-state index in [1.165, 1.54) is 9.80 Å². The van der Waals surface area contributed by atoms with Gasteiger partial charge in [0.05, 0.1) is 0 Å². The van der Waals surface area contributed by atoms with Gasteiger partial charge in [-0.25, -0.2) is 0 Å². The summed E-state index contributed by atoms with van der Waals surface area (Å²) >= 11 is 0. The monoisotopic (exact) mass is 438 g/mol. The first kappa shape index (κ1) is 24.4. The molecule has 2 heterocycles. The second kappa shape index (κ2) is 11.5. The quantitative estimate of drug-likeness (QED) is 0.139. The van der Waals surface area contributed by atoms with Crippen molar-refractivity contribution in [2.24, 2.45) is 27.9 Å². The van der Waals surface area contributed by atoms with Gasteiger partial charge in [0.25, 0.3) is 0 Å². The summed E-state index contributed by atoms with van der Waals surface area (Å²) in [6.45, 7) is 1.39. The molecule has 0 bridgehead atoms. The van der Waals surface area contributed by atoms with Crippen LogP contribution in [0.4, 0.5) is 0 Å². The van der Waals surface area contributed by atoms with E-state index >= 15 is 0 Å². The molecule has 2 aliphatic heterocycles. The van der Waals surface area contributed by atoms with Crippen LogP contribution in [0, 0.1) is 0 Å². The molecule has 0 unspecified atom stereocenters. The van der Waals surface area contributed by atoms with Gasteiger partial charge < -0.3 is 38.1 Å². The molecule has 2 fully saturated rings. The number of aliphatic imine (C=N–C) groups is 1. The van der Waals surface area contributed by atoms with Crippen LogP contribution in [-0.2, 0) is 19.2 Å². The summed E-state index contributed by atoms with van der Waals surface area (Å²) in [7, 11) is 0. The Morgan fingerprint density at radius 2 is 1.65 bits per heavy atom. The number of carbonyl (C=O) groups is 4. The minimum absolute atomic E-state index is 0.0553. The van der Waals surface area contributed by atoms with Gasteiger partial charge in [0, 0.05) is 32.6 Å². The molecule has 0 spiro atoms. The molecule has 9 N–H and O–H groups in total. The van der Waals surface area contributed by atoms with Gasteiger partial charge in [-0.1, -0.05) is 0 Å². The minimum Gasteiger partial charge on any atom is -0.370 e. The predicted molar refractivity (Wildman–Crippen MR) is 114 cm³/mol. The maximum atomic E-state index is 13.2. The highest BCUT2D eigenvalue weighted by molar-refractivity contribution is 5.94. The number of rotatable bonds is 10. The smallest absolute Gasteiger partial charge is 0.245 e. The summed E-state index contributed by atoms with van der Waals surface area (Å²) in [5.74, 6) is -1.55. The summed E-state index contributed by atoms with van der Waals surface area (Å²) in [4.78, 5) is 57.0. The second-order valence-corrected chi connectivity index (χ2v) is 7.89. The van der Waals surface area contributed by atoms with Crippen molar-refractivity contribution < 1.29 is 19.2 Å². The third-order valence-electron chi connectivity index (χ3n) is 5.66. The van der Waals surface area contributed by atoms with Crippen molar-refractivity contribution in [2.45, 2.75) is 63.1 Å². The van der Waals surface area contributed by atoms with Crippen LogP contribution in [0.5, 0.6) is 0 Å². The third kappa shape index (κ3) is 6.54.